The van der Waals surface area contributed by atoms with Crippen molar-refractivity contribution in [3.05, 3.63) is 59.2 Å². The maximum absolute atomic E-state index is 10.9. The lowest BCUT2D eigenvalue weighted by Crippen LogP contribution is -2.03. The van der Waals surface area contributed by atoms with Crippen LogP contribution in [-0.4, -0.2) is 29.7 Å². The van der Waals surface area contributed by atoms with Crippen LogP contribution in [0.1, 0.15) is 5.56 Å². The van der Waals surface area contributed by atoms with E-state index in [2.05, 4.69) is 20.6 Å². The summed E-state index contributed by atoms with van der Waals surface area (Å²) in [6.45, 7) is 0.120. The molecule has 0 saturated carbocycles. The Bertz CT molecular complexity index is 1160. The first-order valence-electron chi connectivity index (χ1n) is 8.37. The molecule has 29 heavy (non-hydrogen) atoms. The monoisotopic (exact) mass is 434 g/mol. The van der Waals surface area contributed by atoms with E-state index < -0.39 is 15.9 Å². The van der Waals surface area contributed by atoms with E-state index in [-0.39, 0.29) is 6.79 Å². The molecule has 1 aliphatic rings. The summed E-state index contributed by atoms with van der Waals surface area (Å²) in [4.78, 5) is 8.55. The van der Waals surface area contributed by atoms with Crippen molar-refractivity contribution in [3.63, 3.8) is 0 Å². The van der Waals surface area contributed by atoms with E-state index in [0.717, 1.165) is 0 Å². The number of hydrogen-bond acceptors (Lipinski definition) is 8. The number of halogens is 1. The predicted molar refractivity (Wildman–Crippen MR) is 108 cm³/mol. The Labute approximate surface area is 171 Å². The second kappa shape index (κ2) is 7.74. The van der Waals surface area contributed by atoms with Gasteiger partial charge >= 0.3 is 0 Å². The van der Waals surface area contributed by atoms with Crippen molar-refractivity contribution in [2.24, 2.45) is 0 Å². The molecule has 0 unspecified atom stereocenters. The van der Waals surface area contributed by atoms with Gasteiger partial charge in [0.05, 0.1) is 5.02 Å². The minimum absolute atomic E-state index is 0.120. The smallest absolute Gasteiger partial charge is 0.269 e. The SMILES string of the molecule is O=S(=O)(O)Cc1ccc(Nc2nccc(Nc3c(Cl)ccc4c3OCO4)n2)cc1. The summed E-state index contributed by atoms with van der Waals surface area (Å²) >= 11 is 6.27. The molecule has 3 aromatic rings. The van der Waals surface area contributed by atoms with Crippen LogP contribution in [0.5, 0.6) is 11.5 Å². The first kappa shape index (κ1) is 19.2. The van der Waals surface area contributed by atoms with E-state index in [1.165, 1.54) is 0 Å². The number of rotatable bonds is 6. The van der Waals surface area contributed by atoms with Crippen LogP contribution in [0.15, 0.2) is 48.7 Å². The normalized spacial score (nSPS) is 12.6. The van der Waals surface area contributed by atoms with Gasteiger partial charge in [-0.3, -0.25) is 4.55 Å². The van der Waals surface area contributed by atoms with E-state index >= 15 is 0 Å². The molecule has 4 rings (SSSR count). The lowest BCUT2D eigenvalue weighted by Gasteiger charge is -2.12. The summed E-state index contributed by atoms with van der Waals surface area (Å²) in [5, 5.41) is 6.59. The number of hydrogen-bond donors (Lipinski definition) is 3. The highest BCUT2D eigenvalue weighted by Crippen LogP contribution is 2.44. The predicted octanol–water partition coefficient (Wildman–Crippen LogP) is 3.73. The highest BCUT2D eigenvalue weighted by molar-refractivity contribution is 7.85. The van der Waals surface area contributed by atoms with E-state index in [9.17, 15) is 8.42 Å². The second-order valence-electron chi connectivity index (χ2n) is 6.09. The Morgan fingerprint density at radius 3 is 2.62 bits per heavy atom. The van der Waals surface area contributed by atoms with Gasteiger partial charge in [-0.25, -0.2) is 4.98 Å². The van der Waals surface area contributed by atoms with Crippen LogP contribution in [0.25, 0.3) is 0 Å². The molecule has 11 heteroatoms. The molecule has 0 radical (unpaired) electrons. The van der Waals surface area contributed by atoms with Gasteiger partial charge in [0, 0.05) is 11.9 Å². The van der Waals surface area contributed by atoms with Gasteiger partial charge in [-0.1, -0.05) is 23.7 Å². The molecule has 1 aromatic heterocycles. The van der Waals surface area contributed by atoms with Crippen LogP contribution in [-0.2, 0) is 15.9 Å². The van der Waals surface area contributed by atoms with E-state index in [1.54, 1.807) is 48.7 Å². The van der Waals surface area contributed by atoms with Crippen LogP contribution in [0.4, 0.5) is 23.1 Å². The van der Waals surface area contributed by atoms with Gasteiger partial charge in [0.15, 0.2) is 11.5 Å². The van der Waals surface area contributed by atoms with Gasteiger partial charge < -0.3 is 20.1 Å². The number of nitrogens with zero attached hydrogens (tertiary/aromatic N) is 2. The number of benzene rings is 2. The van der Waals surface area contributed by atoms with Crippen molar-refractivity contribution < 1.29 is 22.4 Å². The molecule has 150 valence electrons. The first-order chi connectivity index (χ1) is 13.9. The molecule has 0 fully saturated rings. The fourth-order valence-corrected chi connectivity index (χ4v) is 3.52. The lowest BCUT2D eigenvalue weighted by molar-refractivity contribution is 0.174. The number of fused-ring (bicyclic) bond motifs is 1. The Hall–Kier alpha value is -3.08. The van der Waals surface area contributed by atoms with Gasteiger partial charge in [0.2, 0.25) is 12.7 Å². The fraction of sp³-hybridized carbons (Fsp3) is 0.111. The zero-order valence-corrected chi connectivity index (χ0v) is 16.4. The van der Waals surface area contributed by atoms with Crippen molar-refractivity contribution in [3.8, 4) is 11.5 Å². The zero-order chi connectivity index (χ0) is 20.4. The van der Waals surface area contributed by atoms with Crippen molar-refractivity contribution >= 4 is 44.9 Å². The van der Waals surface area contributed by atoms with E-state index in [4.69, 9.17) is 25.6 Å². The third kappa shape index (κ3) is 4.67. The Balaban J connectivity index is 1.51. The Kier molecular flexibility index (Phi) is 5.14. The maximum atomic E-state index is 10.9. The molecule has 2 aromatic carbocycles. The molecule has 2 heterocycles. The van der Waals surface area contributed by atoms with Crippen LogP contribution >= 0.6 is 11.6 Å². The third-order valence-corrected chi connectivity index (χ3v) is 4.97. The van der Waals surface area contributed by atoms with Gasteiger partial charge in [0.1, 0.15) is 17.3 Å². The number of aromatic nitrogens is 2. The van der Waals surface area contributed by atoms with Crippen molar-refractivity contribution in [2.75, 3.05) is 17.4 Å². The number of anilines is 4. The molecule has 1 aliphatic heterocycles. The molecule has 3 N–H and O–H groups in total. The molecular weight excluding hydrogens is 420 g/mol. The van der Waals surface area contributed by atoms with Gasteiger partial charge in [-0.2, -0.15) is 13.4 Å². The zero-order valence-electron chi connectivity index (χ0n) is 14.8. The molecule has 0 atom stereocenters. The summed E-state index contributed by atoms with van der Waals surface area (Å²) in [7, 11) is -4.08. The average molecular weight is 435 g/mol. The fourth-order valence-electron chi connectivity index (χ4n) is 2.71. The minimum atomic E-state index is -4.08. The molecule has 9 nitrogen and oxygen atoms in total. The summed E-state index contributed by atoms with van der Waals surface area (Å²) in [5.41, 5.74) is 1.65. The third-order valence-electron chi connectivity index (χ3n) is 3.96. The van der Waals surface area contributed by atoms with Crippen molar-refractivity contribution in [1.82, 2.24) is 9.97 Å². The van der Waals surface area contributed by atoms with Gasteiger partial charge in [-0.15, -0.1) is 0 Å². The van der Waals surface area contributed by atoms with E-state index in [1.807, 2.05) is 0 Å². The number of ether oxygens (including phenoxy) is 2. The molecule has 0 amide bonds. The van der Waals surface area contributed by atoms with E-state index in [0.29, 0.717) is 45.2 Å². The van der Waals surface area contributed by atoms with Crippen molar-refractivity contribution in [2.45, 2.75) is 5.75 Å². The standard InChI is InChI=1S/C18H15ClN4O5S/c19-13-5-6-14-17(28-10-27-14)16(13)22-15-7-8-20-18(23-15)21-12-3-1-11(2-4-12)9-29(24,25)26/h1-8H,9-10H2,(H,24,25,26)(H2,20,21,22,23). The highest BCUT2D eigenvalue weighted by atomic mass is 35.5. The number of nitrogens with one attached hydrogen (secondary N) is 2. The maximum Gasteiger partial charge on any atom is 0.269 e. The molecule has 0 aliphatic carbocycles. The summed E-state index contributed by atoms with van der Waals surface area (Å²) in [6.07, 6.45) is 1.57. The molecule has 0 bridgehead atoms. The second-order valence-corrected chi connectivity index (χ2v) is 7.95. The van der Waals surface area contributed by atoms with Crippen LogP contribution < -0.4 is 20.1 Å². The minimum Gasteiger partial charge on any atom is -0.454 e. The van der Waals surface area contributed by atoms with Crippen LogP contribution in [0, 0.1) is 0 Å². The van der Waals surface area contributed by atoms with Crippen molar-refractivity contribution in [1.29, 1.82) is 0 Å². The Morgan fingerprint density at radius 2 is 1.86 bits per heavy atom. The first-order valence-corrected chi connectivity index (χ1v) is 10.4. The molecule has 0 spiro atoms. The summed E-state index contributed by atoms with van der Waals surface area (Å²) in [5.74, 6) is 1.46. The summed E-state index contributed by atoms with van der Waals surface area (Å²) < 4.78 is 41.6. The molecular formula is C18H15ClN4O5S. The summed E-state index contributed by atoms with van der Waals surface area (Å²) in [6, 6.07) is 11.6. The topological polar surface area (TPSA) is 123 Å². The molecule has 0 saturated heterocycles. The quantitative estimate of drug-likeness (QED) is 0.498. The largest absolute Gasteiger partial charge is 0.454 e. The average Bonchev–Trinajstić information content (AvgIpc) is 3.14. The highest BCUT2D eigenvalue weighted by Gasteiger charge is 2.21. The van der Waals surface area contributed by atoms with Gasteiger partial charge in [-0.05, 0) is 35.9 Å². The lowest BCUT2D eigenvalue weighted by atomic mass is 10.2. The van der Waals surface area contributed by atoms with Crippen LogP contribution in [0.3, 0.4) is 0 Å². The van der Waals surface area contributed by atoms with Crippen LogP contribution in [0.2, 0.25) is 5.02 Å². The van der Waals surface area contributed by atoms with Gasteiger partial charge in [0.25, 0.3) is 10.1 Å². The Morgan fingerprint density at radius 1 is 1.07 bits per heavy atom.